The molecule has 2 rings (SSSR count). The highest BCUT2D eigenvalue weighted by molar-refractivity contribution is 6.40. The SMILES string of the molecule is O=C(O)C(=O)c1ccc(O)c([C@@H]2O[C@H](CO)[C@@H](O)[C@H](O)[C@H]2O)c1O. The van der Waals surface area contributed by atoms with Crippen LogP contribution in [0, 0.1) is 0 Å². The van der Waals surface area contributed by atoms with Crippen LogP contribution in [0.2, 0.25) is 0 Å². The van der Waals surface area contributed by atoms with Gasteiger partial charge in [-0.25, -0.2) is 4.79 Å². The first-order valence-electron chi connectivity index (χ1n) is 6.83. The highest BCUT2D eigenvalue weighted by Gasteiger charge is 2.46. The molecule has 0 aromatic heterocycles. The third-order valence-electron chi connectivity index (χ3n) is 3.81. The van der Waals surface area contributed by atoms with Gasteiger partial charge in [-0.15, -0.1) is 0 Å². The molecular formula is C14H16O10. The number of aliphatic hydroxyl groups is 4. The summed E-state index contributed by atoms with van der Waals surface area (Å²) in [6.07, 6.45) is -8.20. The Morgan fingerprint density at radius 1 is 1.04 bits per heavy atom. The van der Waals surface area contributed by atoms with Gasteiger partial charge in [-0.05, 0) is 12.1 Å². The molecule has 1 aliphatic rings. The average Bonchev–Trinajstić information content (AvgIpc) is 2.54. The minimum Gasteiger partial charge on any atom is -0.507 e. The third kappa shape index (κ3) is 2.92. The molecule has 0 aliphatic carbocycles. The molecule has 1 fully saturated rings. The molecule has 0 radical (unpaired) electrons. The van der Waals surface area contributed by atoms with Crippen molar-refractivity contribution in [3.63, 3.8) is 0 Å². The van der Waals surface area contributed by atoms with Crippen LogP contribution in [0.25, 0.3) is 0 Å². The van der Waals surface area contributed by atoms with Crippen molar-refractivity contribution < 1.29 is 50.1 Å². The van der Waals surface area contributed by atoms with E-state index in [4.69, 9.17) is 14.9 Å². The van der Waals surface area contributed by atoms with Crippen LogP contribution >= 0.6 is 0 Å². The second-order valence-corrected chi connectivity index (χ2v) is 5.28. The summed E-state index contributed by atoms with van der Waals surface area (Å²) >= 11 is 0. The summed E-state index contributed by atoms with van der Waals surface area (Å²) in [6, 6.07) is 1.78. The summed E-state index contributed by atoms with van der Waals surface area (Å²) in [4.78, 5) is 22.3. The number of carboxylic acids is 1. The Morgan fingerprint density at radius 2 is 1.67 bits per heavy atom. The molecule has 0 bridgehead atoms. The van der Waals surface area contributed by atoms with Crippen molar-refractivity contribution in [2.24, 2.45) is 0 Å². The zero-order valence-corrected chi connectivity index (χ0v) is 12.1. The molecule has 1 heterocycles. The zero-order valence-electron chi connectivity index (χ0n) is 12.1. The molecule has 10 nitrogen and oxygen atoms in total. The van der Waals surface area contributed by atoms with Crippen molar-refractivity contribution in [2.75, 3.05) is 6.61 Å². The van der Waals surface area contributed by atoms with Crippen LogP contribution in [0.5, 0.6) is 11.5 Å². The molecule has 10 heteroatoms. The van der Waals surface area contributed by atoms with Gasteiger partial charge < -0.3 is 40.5 Å². The van der Waals surface area contributed by atoms with E-state index in [0.717, 1.165) is 12.1 Å². The van der Waals surface area contributed by atoms with E-state index in [9.17, 15) is 35.1 Å². The fraction of sp³-hybridized carbons (Fsp3) is 0.429. The van der Waals surface area contributed by atoms with Crippen molar-refractivity contribution in [2.45, 2.75) is 30.5 Å². The Bertz CT molecular complexity index is 655. The first kappa shape index (κ1) is 18.1. The van der Waals surface area contributed by atoms with E-state index in [-0.39, 0.29) is 0 Å². The fourth-order valence-corrected chi connectivity index (χ4v) is 2.52. The predicted octanol–water partition coefficient (Wildman–Crippen LogP) is -2.12. The second kappa shape index (κ2) is 6.71. The van der Waals surface area contributed by atoms with Gasteiger partial charge in [0.25, 0.3) is 5.78 Å². The van der Waals surface area contributed by atoms with Crippen LogP contribution in [0.3, 0.4) is 0 Å². The van der Waals surface area contributed by atoms with Gasteiger partial charge in [0.2, 0.25) is 0 Å². The summed E-state index contributed by atoms with van der Waals surface area (Å²) in [7, 11) is 0. The number of aliphatic carboxylic acids is 1. The molecule has 0 saturated carbocycles. The molecule has 0 spiro atoms. The third-order valence-corrected chi connectivity index (χ3v) is 3.81. The lowest BCUT2D eigenvalue weighted by Gasteiger charge is -2.40. The van der Waals surface area contributed by atoms with E-state index in [1.165, 1.54) is 0 Å². The van der Waals surface area contributed by atoms with Crippen molar-refractivity contribution in [3.05, 3.63) is 23.3 Å². The standard InChI is InChI=1S/C14H16O10/c15-3-6-10(19)11(20)12(21)13(24-6)7-5(16)2-1-4(8(7)17)9(18)14(22)23/h1-2,6,10-13,15-17,19-21H,3H2,(H,22,23)/t6-,10-,11+,12-,13+/m1/s1. The summed E-state index contributed by atoms with van der Waals surface area (Å²) in [5, 5.41) is 67.4. The van der Waals surface area contributed by atoms with Gasteiger partial charge in [-0.3, -0.25) is 4.79 Å². The van der Waals surface area contributed by atoms with Gasteiger partial charge in [0.1, 0.15) is 42.0 Å². The van der Waals surface area contributed by atoms with Crippen molar-refractivity contribution in [3.8, 4) is 11.5 Å². The van der Waals surface area contributed by atoms with Gasteiger partial charge in [0.15, 0.2) is 0 Å². The Labute approximate surface area is 134 Å². The number of ketones is 1. The predicted molar refractivity (Wildman–Crippen MR) is 74.5 cm³/mol. The van der Waals surface area contributed by atoms with Crippen LogP contribution in [-0.2, 0) is 9.53 Å². The number of phenolic OH excluding ortho intramolecular Hbond substituents is 2. The topological polar surface area (TPSA) is 185 Å². The maximum atomic E-state index is 11.6. The maximum absolute atomic E-state index is 11.6. The maximum Gasteiger partial charge on any atom is 0.377 e. The van der Waals surface area contributed by atoms with Gasteiger partial charge in [0.05, 0.1) is 17.7 Å². The lowest BCUT2D eigenvalue weighted by molar-refractivity contribution is -0.232. The van der Waals surface area contributed by atoms with Crippen LogP contribution in [0.15, 0.2) is 12.1 Å². The number of ether oxygens (including phenoxy) is 1. The number of Topliss-reactive ketones (excluding diaryl/α,β-unsaturated/α-hetero) is 1. The Morgan fingerprint density at radius 3 is 2.21 bits per heavy atom. The van der Waals surface area contributed by atoms with Crippen molar-refractivity contribution in [1.82, 2.24) is 0 Å². The van der Waals surface area contributed by atoms with Gasteiger partial charge in [-0.1, -0.05) is 0 Å². The van der Waals surface area contributed by atoms with E-state index >= 15 is 0 Å². The van der Waals surface area contributed by atoms with E-state index in [1.54, 1.807) is 0 Å². The Balaban J connectivity index is 2.52. The largest absolute Gasteiger partial charge is 0.507 e. The molecule has 1 aromatic rings. The molecule has 1 saturated heterocycles. The van der Waals surface area contributed by atoms with Gasteiger partial charge in [-0.2, -0.15) is 0 Å². The zero-order chi connectivity index (χ0) is 18.2. The second-order valence-electron chi connectivity index (χ2n) is 5.28. The number of aliphatic hydroxyl groups excluding tert-OH is 4. The molecule has 5 atom stereocenters. The molecule has 132 valence electrons. The lowest BCUT2D eigenvalue weighted by atomic mass is 9.89. The minimum atomic E-state index is -1.85. The molecule has 7 N–H and O–H groups in total. The average molecular weight is 344 g/mol. The normalized spacial score (nSPS) is 30.1. The number of hydrogen-bond donors (Lipinski definition) is 7. The molecule has 0 amide bonds. The number of carboxylic acid groups (broad SMARTS) is 1. The van der Waals surface area contributed by atoms with Crippen LogP contribution in [-0.4, -0.2) is 78.5 Å². The van der Waals surface area contributed by atoms with Crippen molar-refractivity contribution in [1.29, 1.82) is 0 Å². The highest BCUT2D eigenvalue weighted by atomic mass is 16.5. The lowest BCUT2D eigenvalue weighted by Crippen LogP contribution is -2.55. The first-order valence-corrected chi connectivity index (χ1v) is 6.83. The summed E-state index contributed by atoms with van der Waals surface area (Å²) in [5.41, 5.74) is -1.20. The molecular weight excluding hydrogens is 328 g/mol. The van der Waals surface area contributed by atoms with E-state index in [1.807, 2.05) is 0 Å². The quantitative estimate of drug-likeness (QED) is 0.235. The number of phenols is 2. The molecule has 0 unspecified atom stereocenters. The molecule has 24 heavy (non-hydrogen) atoms. The summed E-state index contributed by atoms with van der Waals surface area (Å²) in [6.45, 7) is -0.739. The van der Waals surface area contributed by atoms with Crippen LogP contribution in [0.4, 0.5) is 0 Å². The summed E-state index contributed by atoms with van der Waals surface area (Å²) in [5.74, 6) is -4.90. The number of hydrogen-bond acceptors (Lipinski definition) is 9. The van der Waals surface area contributed by atoms with Gasteiger partial charge >= 0.3 is 5.97 Å². The fourth-order valence-electron chi connectivity index (χ4n) is 2.52. The molecule has 1 aromatic carbocycles. The number of carbonyl (C=O) groups is 2. The summed E-state index contributed by atoms with van der Waals surface area (Å²) < 4.78 is 5.18. The first-order chi connectivity index (χ1) is 11.2. The van der Waals surface area contributed by atoms with E-state index < -0.39 is 71.5 Å². The molecule has 1 aliphatic heterocycles. The monoisotopic (exact) mass is 344 g/mol. The number of rotatable bonds is 4. The Kier molecular flexibility index (Phi) is 5.06. The van der Waals surface area contributed by atoms with Crippen molar-refractivity contribution >= 4 is 11.8 Å². The number of benzene rings is 1. The highest BCUT2D eigenvalue weighted by Crippen LogP contribution is 2.42. The van der Waals surface area contributed by atoms with Crippen LogP contribution < -0.4 is 0 Å². The van der Waals surface area contributed by atoms with E-state index in [0.29, 0.717) is 0 Å². The smallest absolute Gasteiger partial charge is 0.377 e. The van der Waals surface area contributed by atoms with Gasteiger partial charge in [0, 0.05) is 0 Å². The van der Waals surface area contributed by atoms with E-state index in [2.05, 4.69) is 0 Å². The Hall–Kier alpha value is -2.24. The number of carbonyl (C=O) groups excluding carboxylic acids is 1. The number of aromatic hydroxyl groups is 2. The van der Waals surface area contributed by atoms with Crippen LogP contribution in [0.1, 0.15) is 22.0 Å². The minimum absolute atomic E-state index is 0.543.